The van der Waals surface area contributed by atoms with E-state index in [4.69, 9.17) is 0 Å². The van der Waals surface area contributed by atoms with Gasteiger partial charge in [-0.1, -0.05) is 12.5 Å². The molecule has 1 saturated carbocycles. The van der Waals surface area contributed by atoms with Crippen molar-refractivity contribution in [3.05, 3.63) is 11.1 Å². The molecule has 1 rings (SSSR count). The maximum absolute atomic E-state index is 11.4. The lowest BCUT2D eigenvalue weighted by atomic mass is 9.82. The van der Waals surface area contributed by atoms with Crippen molar-refractivity contribution in [2.24, 2.45) is 5.92 Å². The highest BCUT2D eigenvalue weighted by Crippen LogP contribution is 2.28. The van der Waals surface area contributed by atoms with Crippen molar-refractivity contribution in [3.63, 3.8) is 0 Å². The first-order valence-electron chi connectivity index (χ1n) is 4.33. The standard InChI is InChI=1S/C10H16O/c1-7(2)10-8(3)5-4-6-9(10)11/h8H,4-6H2,1-3H3. The van der Waals surface area contributed by atoms with E-state index >= 15 is 0 Å². The number of carbonyl (C=O) groups is 1. The molecule has 1 unspecified atom stereocenters. The number of allylic oxidation sites excluding steroid dienone is 2. The SMILES string of the molecule is CC(C)=C1C(=O)CCCC1C. The average molecular weight is 152 g/mol. The Kier molecular flexibility index (Phi) is 2.48. The van der Waals surface area contributed by atoms with Crippen LogP contribution in [0.15, 0.2) is 11.1 Å². The highest BCUT2D eigenvalue weighted by Gasteiger charge is 2.22. The van der Waals surface area contributed by atoms with E-state index in [1.807, 2.05) is 13.8 Å². The van der Waals surface area contributed by atoms with Crippen LogP contribution in [0.25, 0.3) is 0 Å². The molecule has 1 atom stereocenters. The van der Waals surface area contributed by atoms with Gasteiger partial charge in [0.1, 0.15) is 0 Å². The molecule has 0 aromatic rings. The summed E-state index contributed by atoms with van der Waals surface area (Å²) < 4.78 is 0. The van der Waals surface area contributed by atoms with E-state index in [0.717, 1.165) is 18.4 Å². The van der Waals surface area contributed by atoms with Crippen molar-refractivity contribution < 1.29 is 4.79 Å². The maximum Gasteiger partial charge on any atom is 0.159 e. The molecule has 0 spiro atoms. The van der Waals surface area contributed by atoms with Gasteiger partial charge in [0.2, 0.25) is 0 Å². The normalized spacial score (nSPS) is 25.5. The second kappa shape index (κ2) is 3.21. The minimum atomic E-state index is 0.378. The maximum atomic E-state index is 11.4. The largest absolute Gasteiger partial charge is 0.295 e. The number of hydrogen-bond donors (Lipinski definition) is 0. The van der Waals surface area contributed by atoms with Crippen LogP contribution in [0.2, 0.25) is 0 Å². The topological polar surface area (TPSA) is 17.1 Å². The smallest absolute Gasteiger partial charge is 0.159 e. The van der Waals surface area contributed by atoms with Crippen molar-refractivity contribution >= 4 is 5.78 Å². The van der Waals surface area contributed by atoms with Crippen molar-refractivity contribution in [1.29, 1.82) is 0 Å². The summed E-state index contributed by atoms with van der Waals surface area (Å²) >= 11 is 0. The lowest BCUT2D eigenvalue weighted by Crippen LogP contribution is -2.17. The summed E-state index contributed by atoms with van der Waals surface area (Å²) in [4.78, 5) is 11.4. The highest BCUT2D eigenvalue weighted by atomic mass is 16.1. The van der Waals surface area contributed by atoms with Crippen molar-refractivity contribution in [2.75, 3.05) is 0 Å². The Morgan fingerprint density at radius 1 is 1.45 bits per heavy atom. The minimum Gasteiger partial charge on any atom is -0.295 e. The van der Waals surface area contributed by atoms with Gasteiger partial charge >= 0.3 is 0 Å². The van der Waals surface area contributed by atoms with E-state index in [9.17, 15) is 4.79 Å². The Labute approximate surface area is 68.5 Å². The molecular weight excluding hydrogens is 136 g/mol. The van der Waals surface area contributed by atoms with Crippen molar-refractivity contribution in [3.8, 4) is 0 Å². The van der Waals surface area contributed by atoms with Crippen LogP contribution in [0.3, 0.4) is 0 Å². The van der Waals surface area contributed by atoms with Gasteiger partial charge in [-0.15, -0.1) is 0 Å². The fraction of sp³-hybridized carbons (Fsp3) is 0.700. The van der Waals surface area contributed by atoms with Crippen LogP contribution >= 0.6 is 0 Å². The summed E-state index contributed by atoms with van der Waals surface area (Å²) in [6.45, 7) is 6.23. The zero-order valence-electron chi connectivity index (χ0n) is 7.61. The molecule has 1 nitrogen and oxygen atoms in total. The summed E-state index contributed by atoms with van der Waals surface area (Å²) in [7, 11) is 0. The summed E-state index contributed by atoms with van der Waals surface area (Å²) in [5, 5.41) is 0. The van der Waals surface area contributed by atoms with Crippen molar-refractivity contribution in [2.45, 2.75) is 40.0 Å². The number of carbonyl (C=O) groups excluding carboxylic acids is 1. The van der Waals surface area contributed by atoms with E-state index in [-0.39, 0.29) is 0 Å². The van der Waals surface area contributed by atoms with E-state index in [2.05, 4.69) is 6.92 Å². The van der Waals surface area contributed by atoms with Crippen LogP contribution in [0.5, 0.6) is 0 Å². The predicted molar refractivity (Wildman–Crippen MR) is 46.4 cm³/mol. The molecule has 62 valence electrons. The Balaban J connectivity index is 2.88. The Bertz CT molecular complexity index is 197. The first-order valence-corrected chi connectivity index (χ1v) is 4.33. The van der Waals surface area contributed by atoms with Gasteiger partial charge in [-0.05, 0) is 38.2 Å². The van der Waals surface area contributed by atoms with Gasteiger partial charge in [0.25, 0.3) is 0 Å². The van der Waals surface area contributed by atoms with Gasteiger partial charge in [-0.25, -0.2) is 0 Å². The monoisotopic (exact) mass is 152 g/mol. The van der Waals surface area contributed by atoms with Gasteiger partial charge < -0.3 is 0 Å². The first-order chi connectivity index (χ1) is 5.13. The predicted octanol–water partition coefficient (Wildman–Crippen LogP) is 2.71. The highest BCUT2D eigenvalue weighted by molar-refractivity contribution is 5.97. The molecule has 0 amide bonds. The van der Waals surface area contributed by atoms with Crippen LogP contribution in [-0.4, -0.2) is 5.78 Å². The molecule has 0 aliphatic heterocycles. The van der Waals surface area contributed by atoms with Gasteiger partial charge in [-0.2, -0.15) is 0 Å². The summed E-state index contributed by atoms with van der Waals surface area (Å²) in [6.07, 6.45) is 3.04. The molecule has 1 heteroatoms. The molecule has 0 aromatic carbocycles. The van der Waals surface area contributed by atoms with E-state index in [0.29, 0.717) is 11.7 Å². The van der Waals surface area contributed by atoms with Crippen LogP contribution in [-0.2, 0) is 4.79 Å². The van der Waals surface area contributed by atoms with Crippen LogP contribution in [0.1, 0.15) is 40.0 Å². The molecule has 1 aliphatic rings. The van der Waals surface area contributed by atoms with Crippen LogP contribution in [0.4, 0.5) is 0 Å². The van der Waals surface area contributed by atoms with E-state index < -0.39 is 0 Å². The van der Waals surface area contributed by atoms with Crippen LogP contribution in [0, 0.1) is 5.92 Å². The quantitative estimate of drug-likeness (QED) is 0.488. The Hall–Kier alpha value is -0.590. The Morgan fingerprint density at radius 3 is 2.45 bits per heavy atom. The molecule has 11 heavy (non-hydrogen) atoms. The third-order valence-electron chi connectivity index (χ3n) is 2.37. The third kappa shape index (κ3) is 1.70. The van der Waals surface area contributed by atoms with E-state index in [1.54, 1.807) is 0 Å². The van der Waals surface area contributed by atoms with Crippen LogP contribution < -0.4 is 0 Å². The second-order valence-corrected chi connectivity index (χ2v) is 3.63. The molecule has 0 bridgehead atoms. The number of Topliss-reactive ketones (excluding diaryl/α,β-unsaturated/α-hetero) is 1. The molecule has 1 fully saturated rings. The molecular formula is C10H16O. The third-order valence-corrected chi connectivity index (χ3v) is 2.37. The Morgan fingerprint density at radius 2 is 2.09 bits per heavy atom. The second-order valence-electron chi connectivity index (χ2n) is 3.63. The summed E-state index contributed by atoms with van der Waals surface area (Å²) in [5.41, 5.74) is 2.30. The minimum absolute atomic E-state index is 0.378. The molecule has 1 aliphatic carbocycles. The number of rotatable bonds is 0. The summed E-state index contributed by atoms with van der Waals surface area (Å²) in [6, 6.07) is 0. The molecule has 0 heterocycles. The van der Waals surface area contributed by atoms with Gasteiger partial charge in [0.05, 0.1) is 0 Å². The van der Waals surface area contributed by atoms with Crippen molar-refractivity contribution in [1.82, 2.24) is 0 Å². The average Bonchev–Trinajstić information content (AvgIpc) is 1.85. The zero-order valence-corrected chi connectivity index (χ0v) is 7.61. The van der Waals surface area contributed by atoms with E-state index in [1.165, 1.54) is 12.0 Å². The van der Waals surface area contributed by atoms with Gasteiger partial charge in [-0.3, -0.25) is 4.79 Å². The summed E-state index contributed by atoms with van der Waals surface area (Å²) in [5.74, 6) is 0.880. The fourth-order valence-corrected chi connectivity index (χ4v) is 1.89. The zero-order chi connectivity index (χ0) is 8.43. The lowest BCUT2D eigenvalue weighted by molar-refractivity contribution is -0.117. The fourth-order valence-electron chi connectivity index (χ4n) is 1.89. The first kappa shape index (κ1) is 8.51. The van der Waals surface area contributed by atoms with Gasteiger partial charge in [0.15, 0.2) is 5.78 Å². The van der Waals surface area contributed by atoms with Gasteiger partial charge in [0, 0.05) is 6.42 Å². The molecule has 0 aromatic heterocycles. The molecule has 0 saturated heterocycles. The lowest BCUT2D eigenvalue weighted by Gasteiger charge is -2.21. The molecule has 0 radical (unpaired) electrons. The number of hydrogen-bond acceptors (Lipinski definition) is 1. The molecule has 0 N–H and O–H groups in total. The number of ketones is 1.